The van der Waals surface area contributed by atoms with Crippen LogP contribution in [0.15, 0.2) is 62.5 Å². The summed E-state index contributed by atoms with van der Waals surface area (Å²) in [6.07, 6.45) is 1.60. The van der Waals surface area contributed by atoms with Crippen LogP contribution in [0, 0.1) is 5.82 Å². The Morgan fingerprint density at radius 1 is 1.24 bits per heavy atom. The average Bonchev–Trinajstić information content (AvgIpc) is 3.50. The van der Waals surface area contributed by atoms with E-state index < -0.39 is 11.9 Å². The molecule has 33 heavy (non-hydrogen) atoms. The van der Waals surface area contributed by atoms with Crippen LogP contribution < -0.4 is 10.6 Å². The van der Waals surface area contributed by atoms with Crippen LogP contribution >= 0.6 is 11.8 Å². The normalized spacial score (nSPS) is 17.7. The van der Waals surface area contributed by atoms with Gasteiger partial charge in [0.25, 0.3) is 0 Å². The van der Waals surface area contributed by atoms with Crippen LogP contribution in [0.2, 0.25) is 0 Å². The van der Waals surface area contributed by atoms with Gasteiger partial charge in [-0.05, 0) is 36.0 Å². The molecular formula is C22H16FN5O4S. The van der Waals surface area contributed by atoms with Crippen LogP contribution in [-0.2, 0) is 4.79 Å². The lowest BCUT2D eigenvalue weighted by atomic mass is 9.82. The first-order valence-corrected chi connectivity index (χ1v) is 10.9. The smallest absolute Gasteiger partial charge is 0.354 e. The number of Topliss-reactive ketones (excluding diaryl/α,β-unsaturated/α-hetero) is 1. The highest BCUT2D eigenvalue weighted by Crippen LogP contribution is 2.45. The number of aromatic amines is 2. The zero-order chi connectivity index (χ0) is 22.7. The number of carbonyl (C=O) groups excluding carboxylic acids is 1. The van der Waals surface area contributed by atoms with Crippen molar-refractivity contribution in [1.29, 1.82) is 0 Å². The molecule has 166 valence electrons. The zero-order valence-corrected chi connectivity index (χ0v) is 17.7. The van der Waals surface area contributed by atoms with Crippen molar-refractivity contribution in [3.8, 4) is 0 Å². The molecular weight excluding hydrogens is 449 g/mol. The summed E-state index contributed by atoms with van der Waals surface area (Å²) in [6.45, 7) is 0.611. The van der Waals surface area contributed by atoms with E-state index in [-0.39, 0.29) is 23.8 Å². The molecule has 2 aliphatic heterocycles. The number of ketones is 1. The number of halogens is 1. The number of carbonyl (C=O) groups is 2. The number of benzene rings is 1. The van der Waals surface area contributed by atoms with Crippen molar-refractivity contribution in [2.75, 3.05) is 18.4 Å². The van der Waals surface area contributed by atoms with E-state index in [1.54, 1.807) is 24.4 Å². The number of aromatic carboxylic acids is 1. The van der Waals surface area contributed by atoms with E-state index >= 15 is 0 Å². The molecule has 11 heteroatoms. The number of H-pyrrole nitrogens is 2. The monoisotopic (exact) mass is 465 g/mol. The van der Waals surface area contributed by atoms with Crippen LogP contribution in [-0.4, -0.2) is 44.9 Å². The van der Waals surface area contributed by atoms with Crippen LogP contribution in [0.3, 0.4) is 0 Å². The number of rotatable bonds is 4. The van der Waals surface area contributed by atoms with E-state index in [4.69, 9.17) is 4.42 Å². The Morgan fingerprint density at radius 3 is 2.97 bits per heavy atom. The minimum Gasteiger partial charge on any atom is -0.477 e. The number of carboxylic acids is 1. The molecule has 0 radical (unpaired) electrons. The van der Waals surface area contributed by atoms with E-state index in [1.165, 1.54) is 23.9 Å². The molecule has 0 bridgehead atoms. The number of hydrogen-bond donors (Lipinski definition) is 5. The third kappa shape index (κ3) is 3.24. The summed E-state index contributed by atoms with van der Waals surface area (Å²) in [5.41, 5.74) is 3.49. The Hall–Kier alpha value is -3.83. The first-order chi connectivity index (χ1) is 16.0. The average molecular weight is 465 g/mol. The molecule has 9 nitrogen and oxygen atoms in total. The lowest BCUT2D eigenvalue weighted by Crippen LogP contribution is -2.39. The fourth-order valence-electron chi connectivity index (χ4n) is 4.32. The Kier molecular flexibility index (Phi) is 4.42. The van der Waals surface area contributed by atoms with E-state index in [0.29, 0.717) is 56.1 Å². The van der Waals surface area contributed by atoms with Crippen molar-refractivity contribution in [2.24, 2.45) is 0 Å². The fraction of sp³-hybridized carbons (Fsp3) is 0.136. The predicted octanol–water partition coefficient (Wildman–Crippen LogP) is 3.46. The summed E-state index contributed by atoms with van der Waals surface area (Å²) in [4.78, 5) is 34.8. The predicted molar refractivity (Wildman–Crippen MR) is 117 cm³/mol. The Bertz CT molecular complexity index is 1480. The number of carboxylic acid groups (broad SMARTS) is 1. The molecule has 0 aliphatic carbocycles. The van der Waals surface area contributed by atoms with Gasteiger partial charge in [-0.1, -0.05) is 0 Å². The number of nitrogens with zero attached hydrogens (tertiary/aromatic N) is 1. The van der Waals surface area contributed by atoms with Crippen LogP contribution in [0.25, 0.3) is 11.0 Å². The molecule has 5 heterocycles. The molecule has 0 saturated heterocycles. The van der Waals surface area contributed by atoms with Crippen LogP contribution in [0.4, 0.5) is 10.1 Å². The molecule has 0 saturated carbocycles. The second-order valence-corrected chi connectivity index (χ2v) is 8.73. The van der Waals surface area contributed by atoms with E-state index in [0.717, 1.165) is 0 Å². The second kappa shape index (κ2) is 7.36. The Morgan fingerprint density at radius 2 is 2.12 bits per heavy atom. The Labute approximate surface area is 189 Å². The van der Waals surface area contributed by atoms with Gasteiger partial charge in [0.15, 0.2) is 16.0 Å². The van der Waals surface area contributed by atoms with Crippen molar-refractivity contribution in [3.63, 3.8) is 0 Å². The van der Waals surface area contributed by atoms with Crippen molar-refractivity contribution in [3.05, 3.63) is 70.6 Å². The van der Waals surface area contributed by atoms with Gasteiger partial charge in [-0.3, -0.25) is 4.79 Å². The largest absolute Gasteiger partial charge is 0.477 e. The topological polar surface area (TPSA) is 136 Å². The third-order valence-corrected chi connectivity index (χ3v) is 6.53. The van der Waals surface area contributed by atoms with Gasteiger partial charge in [-0.25, -0.2) is 14.2 Å². The maximum absolute atomic E-state index is 13.5. The van der Waals surface area contributed by atoms with Crippen molar-refractivity contribution < 1.29 is 23.5 Å². The number of imidazole rings is 1. The van der Waals surface area contributed by atoms with Gasteiger partial charge in [-0.15, -0.1) is 0 Å². The molecule has 4 aromatic rings. The van der Waals surface area contributed by atoms with Gasteiger partial charge in [0.1, 0.15) is 17.3 Å². The minimum atomic E-state index is -1.10. The maximum atomic E-state index is 13.5. The number of fused-ring (bicyclic) bond motifs is 2. The summed E-state index contributed by atoms with van der Waals surface area (Å²) in [6, 6.07) is 7.87. The highest BCUT2D eigenvalue weighted by molar-refractivity contribution is 7.99. The molecule has 1 aromatic carbocycles. The highest BCUT2D eigenvalue weighted by atomic mass is 32.2. The van der Waals surface area contributed by atoms with E-state index in [1.807, 2.05) is 0 Å². The molecule has 0 amide bonds. The lowest BCUT2D eigenvalue weighted by molar-refractivity contribution is -0.115. The zero-order valence-electron chi connectivity index (χ0n) is 16.9. The SMILES string of the molecule is O=C1CNCC2=C1C(c1ccc(Sc3nc4cc(F)ccc4[nH]3)o1)c1c[nH]c(C(=O)O)c1N2. The molecule has 3 aromatic heterocycles. The molecule has 1 atom stereocenters. The van der Waals surface area contributed by atoms with E-state index in [2.05, 4.69) is 25.6 Å². The number of hydrogen-bond acceptors (Lipinski definition) is 7. The first kappa shape index (κ1) is 19.8. The minimum absolute atomic E-state index is 0.0234. The lowest BCUT2D eigenvalue weighted by Gasteiger charge is -2.31. The van der Waals surface area contributed by atoms with Gasteiger partial charge in [0.05, 0.1) is 29.2 Å². The highest BCUT2D eigenvalue weighted by Gasteiger charge is 2.39. The third-order valence-electron chi connectivity index (χ3n) is 5.72. The fourth-order valence-corrected chi connectivity index (χ4v) is 5.09. The van der Waals surface area contributed by atoms with Crippen LogP contribution in [0.1, 0.15) is 27.7 Å². The van der Waals surface area contributed by atoms with Crippen molar-refractivity contribution in [1.82, 2.24) is 20.3 Å². The van der Waals surface area contributed by atoms with Gasteiger partial charge in [0, 0.05) is 35.6 Å². The van der Waals surface area contributed by atoms with Crippen molar-refractivity contribution >= 4 is 40.2 Å². The summed E-state index contributed by atoms with van der Waals surface area (Å²) in [5.74, 6) is -1.58. The second-order valence-electron chi connectivity index (χ2n) is 7.74. The standard InChI is InChI=1S/C22H16FN5O4S/c23-9-1-2-11-12(5-9)28-22(27-11)33-16-4-3-15(32-16)17-10-6-25-20(21(30)31)19(10)26-13-7-24-8-14(29)18(13)17/h1-6,17,24-26H,7-8H2,(H,27,28)(H,30,31). The number of aromatic nitrogens is 3. The maximum Gasteiger partial charge on any atom is 0.354 e. The molecule has 2 aliphatic rings. The summed E-state index contributed by atoms with van der Waals surface area (Å²) >= 11 is 1.24. The molecule has 0 fully saturated rings. The first-order valence-electron chi connectivity index (χ1n) is 10.1. The van der Waals surface area contributed by atoms with E-state index in [9.17, 15) is 19.1 Å². The van der Waals surface area contributed by atoms with Crippen LogP contribution in [0.5, 0.6) is 0 Å². The Balaban J connectivity index is 1.39. The number of anilines is 1. The molecule has 0 spiro atoms. The molecule has 1 unspecified atom stereocenters. The van der Waals surface area contributed by atoms with Crippen molar-refractivity contribution in [2.45, 2.75) is 16.2 Å². The number of nitrogens with one attached hydrogen (secondary N) is 4. The van der Waals surface area contributed by atoms with Gasteiger partial charge in [0.2, 0.25) is 0 Å². The molecule has 6 rings (SSSR count). The molecule has 5 N–H and O–H groups in total. The summed E-state index contributed by atoms with van der Waals surface area (Å²) in [7, 11) is 0. The van der Waals surface area contributed by atoms with Gasteiger partial charge < -0.3 is 30.1 Å². The number of furan rings is 1. The summed E-state index contributed by atoms with van der Waals surface area (Å²) in [5, 5.41) is 16.8. The quantitative estimate of drug-likeness (QED) is 0.309. The van der Waals surface area contributed by atoms with Gasteiger partial charge >= 0.3 is 5.97 Å². The van der Waals surface area contributed by atoms with Gasteiger partial charge in [-0.2, -0.15) is 0 Å². The summed E-state index contributed by atoms with van der Waals surface area (Å²) < 4.78 is 19.6.